The number of nitrogens with one attached hydrogen (secondary N) is 1. The Balaban J connectivity index is 2.60. The highest BCUT2D eigenvalue weighted by Gasteiger charge is 2.14. The van der Waals surface area contributed by atoms with Gasteiger partial charge in [0.15, 0.2) is 0 Å². The maximum Gasteiger partial charge on any atom is 0.318 e. The van der Waals surface area contributed by atoms with E-state index >= 15 is 0 Å². The van der Waals surface area contributed by atoms with Crippen molar-refractivity contribution in [1.82, 2.24) is 4.98 Å². The Hall–Kier alpha value is -2.23. The van der Waals surface area contributed by atoms with Gasteiger partial charge in [-0.1, -0.05) is 6.07 Å². The normalized spacial score (nSPS) is 14.7. The van der Waals surface area contributed by atoms with Crippen LogP contribution in [0, 0.1) is 0 Å². The molecule has 2 heterocycles. The molecule has 4 nitrogen and oxygen atoms in total. The monoisotopic (exact) mass is 198 g/mol. The van der Waals surface area contributed by atoms with Gasteiger partial charge in [-0.25, -0.2) is 4.99 Å². The molecule has 1 aromatic heterocycles. The Morgan fingerprint density at radius 1 is 1.13 bits per heavy atom. The molecular weight excluding hydrogens is 192 g/mol. The standard InChI is InChI=1S/C11H6N2O2/c14-9-5-6-1-2-8-7(3-4-12-8)10(6)13-11(9)15/h1-5,12H. The fourth-order valence-corrected chi connectivity index (χ4v) is 1.74. The first kappa shape index (κ1) is 8.11. The highest BCUT2D eigenvalue weighted by Crippen LogP contribution is 2.04. The van der Waals surface area contributed by atoms with E-state index in [0.717, 1.165) is 10.9 Å². The van der Waals surface area contributed by atoms with Crippen LogP contribution in [-0.2, 0) is 9.59 Å². The molecule has 1 aliphatic rings. The van der Waals surface area contributed by atoms with Crippen molar-refractivity contribution in [3.05, 3.63) is 35.0 Å². The van der Waals surface area contributed by atoms with Crippen LogP contribution in [0.2, 0.25) is 0 Å². The van der Waals surface area contributed by atoms with E-state index in [1.54, 1.807) is 12.3 Å². The van der Waals surface area contributed by atoms with Gasteiger partial charge in [-0.3, -0.25) is 9.59 Å². The summed E-state index contributed by atoms with van der Waals surface area (Å²) in [6, 6.07) is 5.49. The summed E-state index contributed by atoms with van der Waals surface area (Å²) in [6.07, 6.45) is 3.11. The zero-order valence-corrected chi connectivity index (χ0v) is 7.65. The van der Waals surface area contributed by atoms with Gasteiger partial charge < -0.3 is 4.98 Å². The van der Waals surface area contributed by atoms with Crippen molar-refractivity contribution >= 4 is 28.7 Å². The maximum absolute atomic E-state index is 11.2. The van der Waals surface area contributed by atoms with Crippen LogP contribution in [0.4, 0.5) is 0 Å². The Labute approximate surface area is 83.9 Å². The van der Waals surface area contributed by atoms with Crippen molar-refractivity contribution in [2.75, 3.05) is 0 Å². The third-order valence-electron chi connectivity index (χ3n) is 2.45. The average molecular weight is 198 g/mol. The molecule has 4 heteroatoms. The summed E-state index contributed by atoms with van der Waals surface area (Å²) in [5.41, 5.74) is 0.910. The minimum atomic E-state index is -0.698. The number of carbonyl (C=O) groups is 2. The lowest BCUT2D eigenvalue weighted by Gasteiger charge is -1.98. The molecule has 15 heavy (non-hydrogen) atoms. The number of benzene rings is 1. The summed E-state index contributed by atoms with van der Waals surface area (Å²) in [6.45, 7) is 0. The zero-order valence-electron chi connectivity index (χ0n) is 7.65. The van der Waals surface area contributed by atoms with Crippen molar-refractivity contribution in [3.8, 4) is 0 Å². The number of carbonyl (C=O) groups excluding carboxylic acids is 2. The summed E-state index contributed by atoms with van der Waals surface area (Å²) in [5.74, 6) is -1.26. The highest BCUT2D eigenvalue weighted by molar-refractivity contribution is 6.48. The molecule has 1 amide bonds. The van der Waals surface area contributed by atoms with Gasteiger partial charge in [-0.2, -0.15) is 0 Å². The van der Waals surface area contributed by atoms with E-state index in [4.69, 9.17) is 0 Å². The number of hydrogen-bond acceptors (Lipinski definition) is 2. The van der Waals surface area contributed by atoms with E-state index in [2.05, 4.69) is 9.98 Å². The lowest BCUT2D eigenvalue weighted by Crippen LogP contribution is -2.34. The molecule has 0 saturated heterocycles. The number of aromatic nitrogens is 1. The number of fused-ring (bicyclic) bond motifs is 3. The quantitative estimate of drug-likeness (QED) is 0.589. The molecule has 0 fully saturated rings. The van der Waals surface area contributed by atoms with Crippen LogP contribution in [0.5, 0.6) is 0 Å². The molecule has 1 aromatic carbocycles. The van der Waals surface area contributed by atoms with Crippen LogP contribution >= 0.6 is 0 Å². The number of rotatable bonds is 0. The average Bonchev–Trinajstić information content (AvgIpc) is 2.68. The lowest BCUT2D eigenvalue weighted by atomic mass is 10.1. The van der Waals surface area contributed by atoms with Crippen molar-refractivity contribution < 1.29 is 9.59 Å². The van der Waals surface area contributed by atoms with Gasteiger partial charge in [0, 0.05) is 28.4 Å². The van der Waals surface area contributed by atoms with Gasteiger partial charge in [0.2, 0.25) is 5.78 Å². The van der Waals surface area contributed by atoms with Gasteiger partial charge >= 0.3 is 5.91 Å². The van der Waals surface area contributed by atoms with Crippen LogP contribution in [0.3, 0.4) is 0 Å². The molecule has 2 aromatic rings. The second-order valence-electron chi connectivity index (χ2n) is 3.37. The Kier molecular flexibility index (Phi) is 1.42. The smallest absolute Gasteiger partial charge is 0.318 e. The molecule has 0 radical (unpaired) electrons. The molecule has 3 rings (SSSR count). The largest absolute Gasteiger partial charge is 0.361 e. The predicted octanol–water partition coefficient (Wildman–Crippen LogP) is -0.323. The minimum absolute atomic E-state index is 0.558. The number of Topliss-reactive ketones (excluding diaryl/α,β-unsaturated/α-hetero) is 1. The first-order chi connectivity index (χ1) is 7.25. The number of amides is 1. The summed E-state index contributed by atoms with van der Waals surface area (Å²) >= 11 is 0. The van der Waals surface area contributed by atoms with Crippen molar-refractivity contribution in [3.63, 3.8) is 0 Å². The molecule has 72 valence electrons. The molecule has 0 unspecified atom stereocenters. The second kappa shape index (κ2) is 2.63. The van der Waals surface area contributed by atoms with Crippen LogP contribution < -0.4 is 10.6 Å². The molecule has 0 bridgehead atoms. The van der Waals surface area contributed by atoms with E-state index in [1.165, 1.54) is 6.08 Å². The van der Waals surface area contributed by atoms with Crippen LogP contribution in [-0.4, -0.2) is 16.7 Å². The van der Waals surface area contributed by atoms with Crippen molar-refractivity contribution in [2.24, 2.45) is 4.99 Å². The van der Waals surface area contributed by atoms with E-state index < -0.39 is 11.7 Å². The highest BCUT2D eigenvalue weighted by atomic mass is 16.2. The third kappa shape index (κ3) is 1.05. The van der Waals surface area contributed by atoms with E-state index in [-0.39, 0.29) is 0 Å². The molecule has 1 aliphatic heterocycles. The summed E-state index contributed by atoms with van der Waals surface area (Å²) in [4.78, 5) is 29.1. The molecule has 0 spiro atoms. The SMILES string of the molecule is O=C1C=c2ccc3[nH]ccc3c2=NC1=O. The first-order valence-electron chi connectivity index (χ1n) is 4.50. The predicted molar refractivity (Wildman–Crippen MR) is 53.6 cm³/mol. The summed E-state index contributed by atoms with van der Waals surface area (Å²) in [7, 11) is 0. The van der Waals surface area contributed by atoms with Gasteiger partial charge in [0.25, 0.3) is 0 Å². The number of ketones is 1. The van der Waals surface area contributed by atoms with Crippen LogP contribution in [0.1, 0.15) is 0 Å². The molecule has 0 saturated carbocycles. The number of hydrogen-bond donors (Lipinski definition) is 1. The second-order valence-corrected chi connectivity index (χ2v) is 3.37. The van der Waals surface area contributed by atoms with Crippen LogP contribution in [0.25, 0.3) is 17.0 Å². The lowest BCUT2D eigenvalue weighted by molar-refractivity contribution is -0.132. The fraction of sp³-hybridized carbons (Fsp3) is 0. The summed E-state index contributed by atoms with van der Waals surface area (Å²) in [5, 5.41) is 2.15. The van der Waals surface area contributed by atoms with Crippen LogP contribution in [0.15, 0.2) is 29.4 Å². The van der Waals surface area contributed by atoms with E-state index in [9.17, 15) is 9.59 Å². The first-order valence-corrected chi connectivity index (χ1v) is 4.50. The van der Waals surface area contributed by atoms with Crippen molar-refractivity contribution in [1.29, 1.82) is 0 Å². The molecular formula is C11H6N2O2. The van der Waals surface area contributed by atoms with E-state index in [1.807, 2.05) is 12.1 Å². The zero-order chi connectivity index (χ0) is 10.4. The Bertz CT molecular complexity index is 710. The number of H-pyrrole nitrogens is 1. The van der Waals surface area contributed by atoms with Gasteiger partial charge in [0.05, 0.1) is 5.36 Å². The van der Waals surface area contributed by atoms with E-state index in [0.29, 0.717) is 10.6 Å². The van der Waals surface area contributed by atoms with Gasteiger partial charge in [-0.05, 0) is 12.1 Å². The van der Waals surface area contributed by atoms with Crippen molar-refractivity contribution in [2.45, 2.75) is 0 Å². The molecule has 0 aliphatic carbocycles. The number of nitrogens with zero attached hydrogens (tertiary/aromatic N) is 1. The minimum Gasteiger partial charge on any atom is -0.361 e. The number of aromatic amines is 1. The van der Waals surface area contributed by atoms with Gasteiger partial charge in [-0.15, -0.1) is 0 Å². The van der Waals surface area contributed by atoms with Gasteiger partial charge in [0.1, 0.15) is 0 Å². The topological polar surface area (TPSA) is 62.3 Å². The fourth-order valence-electron chi connectivity index (χ4n) is 1.74. The molecule has 0 atom stereocenters. The molecule has 1 N–H and O–H groups in total. The maximum atomic E-state index is 11.2. The Morgan fingerprint density at radius 3 is 2.87 bits per heavy atom. The Morgan fingerprint density at radius 2 is 2.00 bits per heavy atom. The third-order valence-corrected chi connectivity index (χ3v) is 2.45. The summed E-state index contributed by atoms with van der Waals surface area (Å²) < 4.78 is 0.